The first kappa shape index (κ1) is 19.7. The fourth-order valence-corrected chi connectivity index (χ4v) is 4.14. The lowest BCUT2D eigenvalue weighted by Gasteiger charge is -2.52. The van der Waals surface area contributed by atoms with Crippen molar-refractivity contribution >= 4 is 5.91 Å². The number of amides is 1. The van der Waals surface area contributed by atoms with Crippen molar-refractivity contribution in [3.63, 3.8) is 0 Å². The molecule has 0 radical (unpaired) electrons. The SMILES string of the molecule is N#C[C@@H]1[C@@H](c2ccccc2-c2ccccc2F)[C@H](CO)N1C(=O)c1cccc(F)c1. The first-order valence-corrected chi connectivity index (χ1v) is 9.49. The molecule has 1 amide bonds. The van der Waals surface area contributed by atoms with Crippen LogP contribution in [0.5, 0.6) is 0 Å². The molecule has 1 fully saturated rings. The number of aliphatic hydroxyl groups excluding tert-OH is 1. The first-order valence-electron chi connectivity index (χ1n) is 9.49. The van der Waals surface area contributed by atoms with Gasteiger partial charge < -0.3 is 10.0 Å². The van der Waals surface area contributed by atoms with Gasteiger partial charge in [-0.1, -0.05) is 48.5 Å². The normalized spacial score (nSPS) is 20.3. The third kappa shape index (κ3) is 3.23. The van der Waals surface area contributed by atoms with E-state index in [1.54, 1.807) is 42.5 Å². The molecule has 3 aromatic rings. The highest BCUT2D eigenvalue weighted by atomic mass is 19.1. The highest BCUT2D eigenvalue weighted by Crippen LogP contribution is 2.45. The van der Waals surface area contributed by atoms with Gasteiger partial charge in [0.15, 0.2) is 0 Å². The molecule has 0 spiro atoms. The van der Waals surface area contributed by atoms with E-state index in [0.29, 0.717) is 16.7 Å². The Morgan fingerprint density at radius 2 is 1.70 bits per heavy atom. The van der Waals surface area contributed by atoms with Gasteiger partial charge in [0.2, 0.25) is 0 Å². The second-order valence-corrected chi connectivity index (χ2v) is 7.14. The zero-order valence-electron chi connectivity index (χ0n) is 15.9. The molecule has 0 bridgehead atoms. The molecule has 4 rings (SSSR count). The van der Waals surface area contributed by atoms with Crippen molar-refractivity contribution in [2.24, 2.45) is 0 Å². The van der Waals surface area contributed by atoms with E-state index in [9.17, 15) is 23.9 Å². The number of rotatable bonds is 4. The molecule has 4 nitrogen and oxygen atoms in total. The maximum atomic E-state index is 14.4. The maximum Gasteiger partial charge on any atom is 0.255 e. The Bertz CT molecular complexity index is 1140. The second kappa shape index (κ2) is 8.05. The average molecular weight is 404 g/mol. The van der Waals surface area contributed by atoms with Crippen LogP contribution in [0, 0.1) is 23.0 Å². The monoisotopic (exact) mass is 404 g/mol. The van der Waals surface area contributed by atoms with Crippen LogP contribution in [0.2, 0.25) is 0 Å². The molecule has 150 valence electrons. The van der Waals surface area contributed by atoms with E-state index in [4.69, 9.17) is 0 Å². The molecule has 0 aliphatic carbocycles. The fourth-order valence-electron chi connectivity index (χ4n) is 4.14. The Morgan fingerprint density at radius 1 is 1.00 bits per heavy atom. The van der Waals surface area contributed by atoms with Crippen LogP contribution in [-0.4, -0.2) is 34.6 Å². The van der Waals surface area contributed by atoms with Crippen LogP contribution in [-0.2, 0) is 0 Å². The van der Waals surface area contributed by atoms with Gasteiger partial charge in [0.1, 0.15) is 17.7 Å². The Kier molecular flexibility index (Phi) is 5.30. The molecule has 1 N–H and O–H groups in total. The standard InChI is InChI=1S/C24H18F2N2O2/c25-16-7-5-6-15(12-16)24(30)28-21(13-27)23(22(28)14-29)19-10-2-1-8-17(19)18-9-3-4-11-20(18)26/h1-12,21-23,29H,14H2/t21-,22+,23-/m1/s1. The van der Waals surface area contributed by atoms with E-state index < -0.39 is 35.5 Å². The highest BCUT2D eigenvalue weighted by molar-refractivity contribution is 5.96. The number of carbonyl (C=O) groups is 1. The largest absolute Gasteiger partial charge is 0.394 e. The van der Waals surface area contributed by atoms with Crippen molar-refractivity contribution in [1.82, 2.24) is 4.90 Å². The van der Waals surface area contributed by atoms with Gasteiger partial charge in [-0.05, 0) is 35.4 Å². The number of nitriles is 1. The van der Waals surface area contributed by atoms with Crippen LogP contribution in [0.25, 0.3) is 11.1 Å². The Morgan fingerprint density at radius 3 is 2.37 bits per heavy atom. The fraction of sp³-hybridized carbons (Fsp3) is 0.167. The molecular weight excluding hydrogens is 386 g/mol. The van der Waals surface area contributed by atoms with Crippen molar-refractivity contribution in [2.75, 3.05) is 6.61 Å². The number of hydrogen-bond acceptors (Lipinski definition) is 3. The summed E-state index contributed by atoms with van der Waals surface area (Å²) in [5.41, 5.74) is 1.78. The van der Waals surface area contributed by atoms with Gasteiger partial charge in [-0.2, -0.15) is 5.26 Å². The number of aliphatic hydroxyl groups is 1. The van der Waals surface area contributed by atoms with Crippen LogP contribution in [0.4, 0.5) is 8.78 Å². The zero-order valence-corrected chi connectivity index (χ0v) is 15.9. The first-order chi connectivity index (χ1) is 14.6. The van der Waals surface area contributed by atoms with Crippen molar-refractivity contribution in [1.29, 1.82) is 5.26 Å². The van der Waals surface area contributed by atoms with Gasteiger partial charge in [-0.3, -0.25) is 4.79 Å². The molecule has 0 unspecified atom stereocenters. The lowest BCUT2D eigenvalue weighted by atomic mass is 9.73. The van der Waals surface area contributed by atoms with Crippen LogP contribution in [0.15, 0.2) is 72.8 Å². The summed E-state index contributed by atoms with van der Waals surface area (Å²) in [6.07, 6.45) is 0. The van der Waals surface area contributed by atoms with E-state index in [1.165, 1.54) is 29.2 Å². The number of halogens is 2. The van der Waals surface area contributed by atoms with Gasteiger partial charge in [0.05, 0.1) is 18.7 Å². The van der Waals surface area contributed by atoms with Crippen molar-refractivity contribution in [3.8, 4) is 17.2 Å². The minimum Gasteiger partial charge on any atom is -0.394 e. The topological polar surface area (TPSA) is 64.3 Å². The number of likely N-dealkylation sites (tertiary alicyclic amines) is 1. The summed E-state index contributed by atoms with van der Waals surface area (Å²) in [7, 11) is 0. The van der Waals surface area contributed by atoms with Crippen molar-refractivity contribution < 1.29 is 18.7 Å². The predicted molar refractivity (Wildman–Crippen MR) is 107 cm³/mol. The smallest absolute Gasteiger partial charge is 0.255 e. The van der Waals surface area contributed by atoms with Crippen LogP contribution in [0.1, 0.15) is 21.8 Å². The Balaban J connectivity index is 1.74. The third-order valence-corrected chi connectivity index (χ3v) is 5.52. The summed E-state index contributed by atoms with van der Waals surface area (Å²) in [5, 5.41) is 19.8. The van der Waals surface area contributed by atoms with E-state index in [0.717, 1.165) is 6.07 Å². The van der Waals surface area contributed by atoms with Crippen molar-refractivity contribution in [2.45, 2.75) is 18.0 Å². The van der Waals surface area contributed by atoms with E-state index in [2.05, 4.69) is 6.07 Å². The van der Waals surface area contributed by atoms with E-state index in [1.807, 2.05) is 0 Å². The number of benzene rings is 3. The zero-order chi connectivity index (χ0) is 21.3. The lowest BCUT2D eigenvalue weighted by molar-refractivity contribution is -0.00574. The van der Waals surface area contributed by atoms with E-state index in [-0.39, 0.29) is 12.2 Å². The van der Waals surface area contributed by atoms with Gasteiger partial charge in [-0.15, -0.1) is 0 Å². The van der Waals surface area contributed by atoms with E-state index >= 15 is 0 Å². The molecule has 3 atom stereocenters. The molecule has 30 heavy (non-hydrogen) atoms. The molecule has 0 aromatic heterocycles. The molecular formula is C24H18F2N2O2. The molecule has 3 aromatic carbocycles. The highest BCUT2D eigenvalue weighted by Gasteiger charge is 2.52. The van der Waals surface area contributed by atoms with Crippen LogP contribution >= 0.6 is 0 Å². The molecule has 1 saturated heterocycles. The summed E-state index contributed by atoms with van der Waals surface area (Å²) in [6, 6.07) is 19.2. The summed E-state index contributed by atoms with van der Waals surface area (Å²) in [6.45, 7) is -0.379. The molecule has 1 aliphatic heterocycles. The summed E-state index contributed by atoms with van der Waals surface area (Å²) in [4.78, 5) is 14.2. The summed E-state index contributed by atoms with van der Waals surface area (Å²) in [5.74, 6) is -1.99. The van der Waals surface area contributed by atoms with Gasteiger partial charge in [-0.25, -0.2) is 8.78 Å². The minimum absolute atomic E-state index is 0.106. The maximum absolute atomic E-state index is 14.4. The molecule has 1 aliphatic rings. The Hall–Kier alpha value is -3.56. The third-order valence-electron chi connectivity index (χ3n) is 5.52. The van der Waals surface area contributed by atoms with Gasteiger partial charge >= 0.3 is 0 Å². The number of nitrogens with zero attached hydrogens (tertiary/aromatic N) is 2. The second-order valence-electron chi connectivity index (χ2n) is 7.14. The minimum atomic E-state index is -0.870. The average Bonchev–Trinajstić information content (AvgIpc) is 2.74. The van der Waals surface area contributed by atoms with Gasteiger partial charge in [0.25, 0.3) is 5.91 Å². The summed E-state index contributed by atoms with van der Waals surface area (Å²) >= 11 is 0. The number of carbonyl (C=O) groups excluding carboxylic acids is 1. The van der Waals surface area contributed by atoms with Crippen LogP contribution in [0.3, 0.4) is 0 Å². The summed E-state index contributed by atoms with van der Waals surface area (Å²) < 4.78 is 28.0. The van der Waals surface area contributed by atoms with Crippen molar-refractivity contribution in [3.05, 3.63) is 95.6 Å². The van der Waals surface area contributed by atoms with Gasteiger partial charge in [0, 0.05) is 17.0 Å². The number of hydrogen-bond donors (Lipinski definition) is 1. The quantitative estimate of drug-likeness (QED) is 0.711. The van der Waals surface area contributed by atoms with Crippen LogP contribution < -0.4 is 0 Å². The molecule has 6 heteroatoms. The predicted octanol–water partition coefficient (Wildman–Crippen LogP) is 4.12. The Labute approximate surface area is 172 Å². The molecule has 0 saturated carbocycles. The molecule has 1 heterocycles. The lowest BCUT2D eigenvalue weighted by Crippen LogP contribution is -2.65.